The molecule has 2 aromatic heterocycles. The molecule has 2 N–H and O–H groups in total. The average molecular weight is 412 g/mol. The molecular formula is C22H33N7O. The van der Waals surface area contributed by atoms with Crippen LogP contribution in [0.4, 0.5) is 28.1 Å². The van der Waals surface area contributed by atoms with E-state index in [4.69, 9.17) is 4.98 Å². The number of carbonyl (C=O) groups excluding carboxylic acids is 1. The van der Waals surface area contributed by atoms with Crippen molar-refractivity contribution in [3.8, 4) is 0 Å². The third-order valence-electron chi connectivity index (χ3n) is 5.25. The molecule has 2 amide bonds. The number of carbonyl (C=O) groups is 1. The maximum Gasteiger partial charge on any atom is 0.329 e. The second-order valence-corrected chi connectivity index (χ2v) is 7.52. The van der Waals surface area contributed by atoms with Crippen LogP contribution in [0.25, 0.3) is 0 Å². The van der Waals surface area contributed by atoms with Gasteiger partial charge < -0.3 is 10.2 Å². The summed E-state index contributed by atoms with van der Waals surface area (Å²) in [6.45, 7) is 9.78. The van der Waals surface area contributed by atoms with Crippen LogP contribution >= 0.6 is 0 Å². The standard InChI is InChI=1S/C20H27N7O.C2H6/c1-15-6-4-12-26(14-15)17-8-7-16-18(24-17)27(13-3-2-9-21-16)20(28)25-19-22-10-5-11-23-19;1-2/h5,7-8,10-11,15,21H,2-4,6,9,12-14H2,1H3,(H,22,23,25,28);1-2H3. The zero-order valence-corrected chi connectivity index (χ0v) is 18.3. The summed E-state index contributed by atoms with van der Waals surface area (Å²) in [6.07, 6.45) is 7.56. The number of hydrogen-bond donors (Lipinski definition) is 2. The van der Waals surface area contributed by atoms with Crippen LogP contribution in [-0.2, 0) is 0 Å². The lowest BCUT2D eigenvalue weighted by atomic mass is 10.0. The minimum Gasteiger partial charge on any atom is -0.382 e. The van der Waals surface area contributed by atoms with Crippen LogP contribution < -0.4 is 20.4 Å². The number of nitrogens with zero attached hydrogens (tertiary/aromatic N) is 5. The molecule has 0 saturated carbocycles. The SMILES string of the molecule is CC.CC1CCCN(c2ccc3c(n2)N(C(=O)Nc2ncccn2)CCCCN3)C1. The number of piperidine rings is 1. The topological polar surface area (TPSA) is 86.3 Å². The first kappa shape index (κ1) is 21.8. The van der Waals surface area contributed by atoms with Gasteiger partial charge in [-0.2, -0.15) is 0 Å². The highest BCUT2D eigenvalue weighted by Crippen LogP contribution is 2.31. The van der Waals surface area contributed by atoms with Gasteiger partial charge in [-0.15, -0.1) is 0 Å². The Balaban J connectivity index is 0.00000124. The molecule has 2 aromatic rings. The van der Waals surface area contributed by atoms with Crippen LogP contribution in [0.1, 0.15) is 46.5 Å². The Morgan fingerprint density at radius 1 is 1.13 bits per heavy atom. The van der Waals surface area contributed by atoms with Crippen LogP contribution in [0.2, 0.25) is 0 Å². The van der Waals surface area contributed by atoms with E-state index >= 15 is 0 Å². The highest BCUT2D eigenvalue weighted by Gasteiger charge is 2.25. The van der Waals surface area contributed by atoms with E-state index in [2.05, 4.69) is 38.5 Å². The normalized spacial score (nSPS) is 18.7. The lowest BCUT2D eigenvalue weighted by Crippen LogP contribution is -2.39. The van der Waals surface area contributed by atoms with Crippen molar-refractivity contribution >= 4 is 29.3 Å². The molecule has 0 aliphatic carbocycles. The first-order valence-corrected chi connectivity index (χ1v) is 11.1. The van der Waals surface area contributed by atoms with Crippen LogP contribution in [-0.4, -0.2) is 47.2 Å². The third kappa shape index (κ3) is 5.37. The molecular weight excluding hydrogens is 378 g/mol. The number of pyridine rings is 1. The van der Waals surface area contributed by atoms with Crippen molar-refractivity contribution in [3.05, 3.63) is 30.6 Å². The summed E-state index contributed by atoms with van der Waals surface area (Å²) in [5.74, 6) is 2.56. The fraction of sp³-hybridized carbons (Fsp3) is 0.545. The van der Waals surface area contributed by atoms with Gasteiger partial charge in [0.05, 0.1) is 5.69 Å². The Morgan fingerprint density at radius 3 is 2.70 bits per heavy atom. The van der Waals surface area contributed by atoms with Gasteiger partial charge >= 0.3 is 6.03 Å². The van der Waals surface area contributed by atoms with E-state index in [1.807, 2.05) is 19.9 Å². The quantitative estimate of drug-likeness (QED) is 0.763. The average Bonchev–Trinajstić information content (AvgIpc) is 2.76. The first-order valence-electron chi connectivity index (χ1n) is 11.1. The number of amides is 2. The summed E-state index contributed by atoms with van der Waals surface area (Å²) in [5.41, 5.74) is 0.887. The molecule has 2 aliphatic rings. The number of aromatic nitrogens is 3. The number of urea groups is 1. The van der Waals surface area contributed by atoms with Gasteiger partial charge in [0.15, 0.2) is 5.82 Å². The minimum absolute atomic E-state index is 0.257. The van der Waals surface area contributed by atoms with Gasteiger partial charge in [-0.1, -0.05) is 20.8 Å². The summed E-state index contributed by atoms with van der Waals surface area (Å²) in [7, 11) is 0. The van der Waals surface area contributed by atoms with Crippen LogP contribution in [0.5, 0.6) is 0 Å². The van der Waals surface area contributed by atoms with Crippen molar-refractivity contribution in [3.63, 3.8) is 0 Å². The molecule has 0 radical (unpaired) electrons. The van der Waals surface area contributed by atoms with Gasteiger partial charge in [-0.25, -0.2) is 19.7 Å². The van der Waals surface area contributed by atoms with Crippen LogP contribution in [0.3, 0.4) is 0 Å². The number of nitrogens with one attached hydrogen (secondary N) is 2. The summed E-state index contributed by atoms with van der Waals surface area (Å²) in [6, 6.07) is 5.56. The van der Waals surface area contributed by atoms with Crippen molar-refractivity contribution < 1.29 is 4.79 Å². The van der Waals surface area contributed by atoms with E-state index in [0.717, 1.165) is 44.0 Å². The Bertz CT molecular complexity index is 814. The van der Waals surface area contributed by atoms with Crippen LogP contribution in [0.15, 0.2) is 30.6 Å². The number of rotatable bonds is 2. The lowest BCUT2D eigenvalue weighted by Gasteiger charge is -2.33. The Kier molecular flexibility index (Phi) is 7.82. The third-order valence-corrected chi connectivity index (χ3v) is 5.25. The molecule has 1 unspecified atom stereocenters. The van der Waals surface area contributed by atoms with Gasteiger partial charge in [0.2, 0.25) is 5.95 Å². The molecule has 0 spiro atoms. The predicted molar refractivity (Wildman–Crippen MR) is 122 cm³/mol. The summed E-state index contributed by atoms with van der Waals surface area (Å²) in [5, 5.41) is 6.21. The number of hydrogen-bond acceptors (Lipinski definition) is 6. The van der Waals surface area contributed by atoms with Crippen molar-refractivity contribution in [2.45, 2.75) is 46.5 Å². The molecule has 8 nitrogen and oxygen atoms in total. The van der Waals surface area contributed by atoms with Crippen molar-refractivity contribution in [2.75, 3.05) is 46.6 Å². The summed E-state index contributed by atoms with van der Waals surface area (Å²) >= 11 is 0. The highest BCUT2D eigenvalue weighted by atomic mass is 16.2. The van der Waals surface area contributed by atoms with E-state index in [9.17, 15) is 4.79 Å². The van der Waals surface area contributed by atoms with Gasteiger partial charge in [0.25, 0.3) is 0 Å². The number of anilines is 4. The second-order valence-electron chi connectivity index (χ2n) is 7.52. The molecule has 4 rings (SSSR count). The molecule has 0 aromatic carbocycles. The second kappa shape index (κ2) is 10.8. The van der Waals surface area contributed by atoms with Crippen LogP contribution in [0, 0.1) is 5.92 Å². The van der Waals surface area contributed by atoms with E-state index in [0.29, 0.717) is 24.2 Å². The van der Waals surface area contributed by atoms with Gasteiger partial charge in [0.1, 0.15) is 5.82 Å². The summed E-state index contributed by atoms with van der Waals surface area (Å²) in [4.78, 5) is 30.1. The monoisotopic (exact) mass is 411 g/mol. The first-order chi connectivity index (χ1) is 14.7. The van der Waals surface area contributed by atoms with Crippen molar-refractivity contribution in [1.82, 2.24) is 15.0 Å². The molecule has 2 aliphatic heterocycles. The zero-order chi connectivity index (χ0) is 21.3. The van der Waals surface area contributed by atoms with Crippen molar-refractivity contribution in [1.29, 1.82) is 0 Å². The molecule has 8 heteroatoms. The largest absolute Gasteiger partial charge is 0.382 e. The maximum atomic E-state index is 13.0. The molecule has 0 bridgehead atoms. The highest BCUT2D eigenvalue weighted by molar-refractivity contribution is 6.02. The van der Waals surface area contributed by atoms with E-state index in [-0.39, 0.29) is 6.03 Å². The zero-order valence-electron chi connectivity index (χ0n) is 18.3. The Hall–Kier alpha value is -2.90. The fourth-order valence-electron chi connectivity index (χ4n) is 3.80. The smallest absolute Gasteiger partial charge is 0.329 e. The molecule has 1 saturated heterocycles. The minimum atomic E-state index is -0.257. The maximum absolute atomic E-state index is 13.0. The van der Waals surface area contributed by atoms with Gasteiger partial charge in [-0.05, 0) is 49.8 Å². The van der Waals surface area contributed by atoms with E-state index < -0.39 is 0 Å². The molecule has 162 valence electrons. The molecule has 4 heterocycles. The van der Waals surface area contributed by atoms with E-state index in [1.165, 1.54) is 12.8 Å². The fourth-order valence-corrected chi connectivity index (χ4v) is 3.80. The summed E-state index contributed by atoms with van der Waals surface area (Å²) < 4.78 is 0. The van der Waals surface area contributed by atoms with Crippen molar-refractivity contribution in [2.24, 2.45) is 5.92 Å². The van der Waals surface area contributed by atoms with E-state index in [1.54, 1.807) is 23.4 Å². The Labute approximate surface area is 179 Å². The van der Waals surface area contributed by atoms with Gasteiger partial charge in [-0.3, -0.25) is 10.2 Å². The lowest BCUT2D eigenvalue weighted by molar-refractivity contribution is 0.256. The van der Waals surface area contributed by atoms with Gasteiger partial charge in [0, 0.05) is 38.6 Å². The number of fused-ring (bicyclic) bond motifs is 1. The molecule has 1 fully saturated rings. The predicted octanol–water partition coefficient (Wildman–Crippen LogP) is 4.38. The molecule has 30 heavy (non-hydrogen) atoms. The Morgan fingerprint density at radius 2 is 1.93 bits per heavy atom. The molecule has 1 atom stereocenters.